The first-order valence-electron chi connectivity index (χ1n) is 11.1. The number of aromatic amines is 1. The van der Waals surface area contributed by atoms with Crippen molar-refractivity contribution in [1.29, 1.82) is 0 Å². The van der Waals surface area contributed by atoms with Gasteiger partial charge in [-0.2, -0.15) is 0 Å². The first kappa shape index (κ1) is 19.7. The first-order valence-corrected chi connectivity index (χ1v) is 12.0. The van der Waals surface area contributed by atoms with E-state index in [9.17, 15) is 4.79 Å². The predicted molar refractivity (Wildman–Crippen MR) is 120 cm³/mol. The van der Waals surface area contributed by atoms with E-state index in [2.05, 4.69) is 51.0 Å². The van der Waals surface area contributed by atoms with Crippen molar-refractivity contribution in [2.24, 2.45) is 11.8 Å². The zero-order chi connectivity index (χ0) is 20.7. The Bertz CT molecular complexity index is 1050. The molecule has 2 fully saturated rings. The molecule has 2 aromatic heterocycles. The van der Waals surface area contributed by atoms with Crippen LogP contribution in [0.2, 0.25) is 0 Å². The van der Waals surface area contributed by atoms with Crippen LogP contribution in [-0.4, -0.2) is 37.5 Å². The highest BCUT2D eigenvalue weighted by Crippen LogP contribution is 2.42. The van der Waals surface area contributed by atoms with E-state index in [1.807, 2.05) is 18.3 Å². The quantitative estimate of drug-likeness (QED) is 0.559. The minimum Gasteiger partial charge on any atom is -0.360 e. The number of para-hydroxylation sites is 1. The number of benzene rings is 1. The van der Waals surface area contributed by atoms with Crippen LogP contribution < -0.4 is 5.32 Å². The maximum absolute atomic E-state index is 12.6. The van der Waals surface area contributed by atoms with Crippen molar-refractivity contribution in [3.8, 4) is 11.4 Å². The molecule has 158 valence electrons. The van der Waals surface area contributed by atoms with Gasteiger partial charge in [0.2, 0.25) is 5.91 Å². The Morgan fingerprint density at radius 3 is 2.87 bits per heavy atom. The number of hydrogen-bond donors (Lipinski definition) is 2. The van der Waals surface area contributed by atoms with Gasteiger partial charge in [-0.05, 0) is 37.2 Å². The van der Waals surface area contributed by atoms with Gasteiger partial charge < -0.3 is 10.3 Å². The summed E-state index contributed by atoms with van der Waals surface area (Å²) in [5.74, 6) is 2.60. The maximum Gasteiger partial charge on any atom is 0.230 e. The van der Waals surface area contributed by atoms with Crippen molar-refractivity contribution in [2.45, 2.75) is 63.2 Å². The molecule has 0 unspecified atom stereocenters. The molecule has 1 amide bonds. The molecule has 7 heteroatoms. The molecular weight excluding hydrogens is 394 g/mol. The molecule has 2 aliphatic rings. The van der Waals surface area contributed by atoms with Gasteiger partial charge in [-0.3, -0.25) is 9.36 Å². The molecule has 0 spiro atoms. The second-order valence-corrected chi connectivity index (χ2v) is 9.83. The van der Waals surface area contributed by atoms with Crippen LogP contribution in [0.25, 0.3) is 22.3 Å². The number of carbonyl (C=O) groups excluding carboxylic acids is 1. The second-order valence-electron chi connectivity index (χ2n) is 8.89. The van der Waals surface area contributed by atoms with Gasteiger partial charge in [0.15, 0.2) is 11.0 Å². The molecule has 2 N–H and O–H groups in total. The minimum atomic E-state index is 0.102. The summed E-state index contributed by atoms with van der Waals surface area (Å²) in [6, 6.07) is 8.99. The molecule has 1 aromatic carbocycles. The minimum absolute atomic E-state index is 0.102. The van der Waals surface area contributed by atoms with Gasteiger partial charge in [0.1, 0.15) is 0 Å². The summed E-state index contributed by atoms with van der Waals surface area (Å²) in [6.45, 7) is 4.56. The van der Waals surface area contributed by atoms with E-state index in [0.29, 0.717) is 29.7 Å². The molecule has 3 aromatic rings. The van der Waals surface area contributed by atoms with E-state index in [4.69, 9.17) is 0 Å². The molecule has 30 heavy (non-hydrogen) atoms. The number of thioether (sulfide) groups is 1. The third kappa shape index (κ3) is 3.75. The zero-order valence-corrected chi connectivity index (χ0v) is 18.4. The number of amides is 1. The number of carbonyl (C=O) groups is 1. The van der Waals surface area contributed by atoms with E-state index in [-0.39, 0.29) is 5.91 Å². The zero-order valence-electron chi connectivity index (χ0n) is 17.6. The Labute approximate surface area is 181 Å². The fraction of sp³-hybridized carbons (Fsp3) is 0.522. The van der Waals surface area contributed by atoms with Crippen LogP contribution in [0.4, 0.5) is 0 Å². The molecule has 0 saturated heterocycles. The van der Waals surface area contributed by atoms with Crippen LogP contribution in [0.15, 0.2) is 35.6 Å². The third-order valence-electron chi connectivity index (χ3n) is 6.79. The fourth-order valence-corrected chi connectivity index (χ4v) is 5.46. The number of nitrogens with zero attached hydrogens (tertiary/aromatic N) is 3. The summed E-state index contributed by atoms with van der Waals surface area (Å²) in [5, 5.41) is 14.3. The molecule has 3 atom stereocenters. The van der Waals surface area contributed by atoms with Crippen LogP contribution in [0.3, 0.4) is 0 Å². The Balaban J connectivity index is 1.32. The summed E-state index contributed by atoms with van der Waals surface area (Å²) in [4.78, 5) is 16.0. The lowest BCUT2D eigenvalue weighted by Crippen LogP contribution is -2.44. The molecule has 0 radical (unpaired) electrons. The maximum atomic E-state index is 12.6. The number of fused-ring (bicyclic) bond motifs is 1. The van der Waals surface area contributed by atoms with Gasteiger partial charge in [0.05, 0.1) is 5.75 Å². The molecule has 2 aliphatic carbocycles. The van der Waals surface area contributed by atoms with Gasteiger partial charge in [0.25, 0.3) is 0 Å². The molecule has 2 heterocycles. The van der Waals surface area contributed by atoms with Crippen LogP contribution in [0, 0.1) is 11.8 Å². The summed E-state index contributed by atoms with van der Waals surface area (Å²) in [6.07, 6.45) is 7.86. The molecule has 2 saturated carbocycles. The van der Waals surface area contributed by atoms with Crippen molar-refractivity contribution >= 4 is 28.6 Å². The lowest BCUT2D eigenvalue weighted by atomic mass is 9.78. The van der Waals surface area contributed by atoms with Crippen LogP contribution in [0.5, 0.6) is 0 Å². The molecule has 5 rings (SSSR count). The van der Waals surface area contributed by atoms with Crippen LogP contribution in [0.1, 0.15) is 52.0 Å². The normalized spacial score (nSPS) is 24.3. The van der Waals surface area contributed by atoms with Gasteiger partial charge in [0, 0.05) is 34.7 Å². The fourth-order valence-electron chi connectivity index (χ4n) is 4.64. The summed E-state index contributed by atoms with van der Waals surface area (Å²) >= 11 is 1.50. The Kier molecular flexibility index (Phi) is 5.31. The van der Waals surface area contributed by atoms with E-state index in [1.165, 1.54) is 24.6 Å². The number of aromatic nitrogens is 4. The molecule has 0 bridgehead atoms. The molecule has 6 nitrogen and oxygen atoms in total. The molecule has 0 aliphatic heterocycles. The average Bonchev–Trinajstić information content (AvgIpc) is 3.36. The monoisotopic (exact) mass is 423 g/mol. The smallest absolute Gasteiger partial charge is 0.230 e. The highest BCUT2D eigenvalue weighted by Gasteiger charge is 2.32. The summed E-state index contributed by atoms with van der Waals surface area (Å²) in [7, 11) is 0. The highest BCUT2D eigenvalue weighted by molar-refractivity contribution is 7.99. The van der Waals surface area contributed by atoms with Crippen molar-refractivity contribution in [3.05, 3.63) is 30.5 Å². The Morgan fingerprint density at radius 1 is 1.20 bits per heavy atom. The van der Waals surface area contributed by atoms with Crippen LogP contribution in [-0.2, 0) is 4.79 Å². The van der Waals surface area contributed by atoms with Crippen molar-refractivity contribution in [1.82, 2.24) is 25.1 Å². The van der Waals surface area contributed by atoms with Gasteiger partial charge in [-0.25, -0.2) is 0 Å². The summed E-state index contributed by atoms with van der Waals surface area (Å²) in [5.41, 5.74) is 2.17. The van der Waals surface area contributed by atoms with E-state index in [0.717, 1.165) is 46.7 Å². The number of nitrogens with one attached hydrogen (secondary N) is 2. The topological polar surface area (TPSA) is 75.6 Å². The highest BCUT2D eigenvalue weighted by atomic mass is 32.2. The standard InChI is InChI=1S/C23H29N5OS/c1-14-6-5-9-19(15(14)2)25-21(29)13-30-23-27-26-22(28(23)16-10-11-16)18-12-24-20-8-4-3-7-17(18)20/h3-4,7-8,12,14-16,19,24H,5-6,9-11,13H2,1-2H3,(H,25,29)/t14-,15-,19+/m1/s1. The van der Waals surface area contributed by atoms with Crippen molar-refractivity contribution in [3.63, 3.8) is 0 Å². The van der Waals surface area contributed by atoms with Gasteiger partial charge in [-0.1, -0.05) is 56.7 Å². The van der Waals surface area contributed by atoms with E-state index in [1.54, 1.807) is 0 Å². The largest absolute Gasteiger partial charge is 0.360 e. The van der Waals surface area contributed by atoms with Crippen molar-refractivity contribution < 1.29 is 4.79 Å². The predicted octanol–water partition coefficient (Wildman–Crippen LogP) is 4.79. The van der Waals surface area contributed by atoms with Gasteiger partial charge >= 0.3 is 0 Å². The number of H-pyrrole nitrogens is 1. The van der Waals surface area contributed by atoms with E-state index >= 15 is 0 Å². The summed E-state index contributed by atoms with van der Waals surface area (Å²) < 4.78 is 2.23. The average molecular weight is 424 g/mol. The lowest BCUT2D eigenvalue weighted by molar-refractivity contribution is -0.120. The molecular formula is C23H29N5OS. The SMILES string of the molecule is C[C@@H]1[C@H](C)CCC[C@@H]1NC(=O)CSc1nnc(-c2c[nH]c3ccccc23)n1C1CC1. The van der Waals surface area contributed by atoms with Crippen molar-refractivity contribution in [2.75, 3.05) is 5.75 Å². The first-order chi connectivity index (χ1) is 14.6. The third-order valence-corrected chi connectivity index (χ3v) is 7.74. The Hall–Kier alpha value is -2.28. The Morgan fingerprint density at radius 2 is 2.03 bits per heavy atom. The van der Waals surface area contributed by atoms with E-state index < -0.39 is 0 Å². The lowest BCUT2D eigenvalue weighted by Gasteiger charge is -2.34. The number of rotatable bonds is 6. The van der Waals surface area contributed by atoms with Crippen LogP contribution >= 0.6 is 11.8 Å². The second kappa shape index (κ2) is 8.10. The number of hydrogen-bond acceptors (Lipinski definition) is 4. The van der Waals surface area contributed by atoms with Gasteiger partial charge in [-0.15, -0.1) is 10.2 Å².